The number of rotatable bonds is 4. The van der Waals surface area contributed by atoms with Crippen molar-refractivity contribution in [2.45, 2.75) is 52.9 Å². The van der Waals surface area contributed by atoms with E-state index in [1.54, 1.807) is 5.56 Å². The van der Waals surface area contributed by atoms with Crippen molar-refractivity contribution in [3.8, 4) is 0 Å². The van der Waals surface area contributed by atoms with Gasteiger partial charge in [-0.3, -0.25) is 0 Å². The average molecular weight is 259 g/mol. The molecule has 0 heterocycles. The van der Waals surface area contributed by atoms with E-state index in [0.717, 1.165) is 24.3 Å². The fourth-order valence-electron chi connectivity index (χ4n) is 3.42. The first-order valence-corrected chi connectivity index (χ1v) is 7.89. The lowest BCUT2D eigenvalue weighted by Crippen LogP contribution is -2.31. The molecule has 1 heteroatoms. The molecule has 0 aliphatic heterocycles. The van der Waals surface area contributed by atoms with Gasteiger partial charge in [0.15, 0.2) is 0 Å². The summed E-state index contributed by atoms with van der Waals surface area (Å²) in [5, 5.41) is 3.56. The van der Waals surface area contributed by atoms with Crippen molar-refractivity contribution in [3.63, 3.8) is 0 Å². The lowest BCUT2D eigenvalue weighted by Gasteiger charge is -2.35. The first-order valence-electron chi connectivity index (χ1n) is 7.89. The topological polar surface area (TPSA) is 12.0 Å². The number of nitrogens with one attached hydrogen (secondary N) is 1. The van der Waals surface area contributed by atoms with Crippen molar-refractivity contribution in [1.29, 1.82) is 0 Å². The van der Waals surface area contributed by atoms with Crippen LogP contribution >= 0.6 is 0 Å². The van der Waals surface area contributed by atoms with Gasteiger partial charge in [-0.15, -0.1) is 0 Å². The highest BCUT2D eigenvalue weighted by Gasteiger charge is 2.29. The molecule has 0 radical (unpaired) electrons. The van der Waals surface area contributed by atoms with E-state index in [0.29, 0.717) is 0 Å². The van der Waals surface area contributed by atoms with Crippen LogP contribution in [0.2, 0.25) is 0 Å². The van der Waals surface area contributed by atoms with Gasteiger partial charge in [-0.1, -0.05) is 38.5 Å². The quantitative estimate of drug-likeness (QED) is 0.843. The van der Waals surface area contributed by atoms with Gasteiger partial charge in [-0.25, -0.2) is 0 Å². The summed E-state index contributed by atoms with van der Waals surface area (Å²) in [5.74, 6) is 2.45. The molecular weight excluding hydrogens is 230 g/mol. The van der Waals surface area contributed by atoms with E-state index in [-0.39, 0.29) is 0 Å². The molecule has 0 aromatic heterocycles. The Labute approximate surface area is 118 Å². The van der Waals surface area contributed by atoms with Gasteiger partial charge >= 0.3 is 0 Å². The molecule has 1 aliphatic carbocycles. The van der Waals surface area contributed by atoms with Crippen LogP contribution in [-0.2, 0) is 0 Å². The van der Waals surface area contributed by atoms with Gasteiger partial charge in [0.05, 0.1) is 0 Å². The van der Waals surface area contributed by atoms with E-state index in [2.05, 4.69) is 51.2 Å². The van der Waals surface area contributed by atoms with Crippen LogP contribution in [0.25, 0.3) is 0 Å². The number of benzene rings is 1. The van der Waals surface area contributed by atoms with Crippen molar-refractivity contribution in [2.75, 3.05) is 13.1 Å². The minimum absolute atomic E-state index is 0.752. The van der Waals surface area contributed by atoms with E-state index >= 15 is 0 Å². The smallest absolute Gasteiger partial charge is 0.00148 e. The normalized spacial score (nSPS) is 27.5. The molecule has 1 aliphatic rings. The molecule has 19 heavy (non-hydrogen) atoms. The maximum absolute atomic E-state index is 3.56. The molecule has 1 nitrogen and oxygen atoms in total. The fraction of sp³-hybridized carbons (Fsp3) is 0.667. The lowest BCUT2D eigenvalue weighted by molar-refractivity contribution is 0.242. The van der Waals surface area contributed by atoms with Crippen LogP contribution in [0.5, 0.6) is 0 Å². The fourth-order valence-corrected chi connectivity index (χ4v) is 3.42. The molecule has 106 valence electrons. The molecule has 1 aromatic carbocycles. The zero-order valence-corrected chi connectivity index (χ0v) is 13.0. The van der Waals surface area contributed by atoms with Crippen molar-refractivity contribution < 1.29 is 0 Å². The summed E-state index contributed by atoms with van der Waals surface area (Å²) < 4.78 is 0. The molecule has 1 fully saturated rings. The highest BCUT2D eigenvalue weighted by Crippen LogP contribution is 2.40. The third-order valence-electron chi connectivity index (χ3n) is 4.87. The van der Waals surface area contributed by atoms with Crippen molar-refractivity contribution >= 4 is 0 Å². The minimum atomic E-state index is 0.752. The number of hydrogen-bond acceptors (Lipinski definition) is 1. The van der Waals surface area contributed by atoms with E-state index in [1.807, 2.05) is 0 Å². The highest BCUT2D eigenvalue weighted by atomic mass is 14.8. The summed E-state index contributed by atoms with van der Waals surface area (Å²) in [5.41, 5.74) is 4.42. The second-order valence-corrected chi connectivity index (χ2v) is 6.44. The van der Waals surface area contributed by atoms with Crippen LogP contribution in [0.3, 0.4) is 0 Å². The maximum Gasteiger partial charge on any atom is -0.00148 e. The van der Waals surface area contributed by atoms with E-state index in [1.165, 1.54) is 36.9 Å². The molecule has 1 saturated carbocycles. The molecule has 3 unspecified atom stereocenters. The summed E-state index contributed by atoms with van der Waals surface area (Å²) >= 11 is 0. The molecule has 0 amide bonds. The zero-order chi connectivity index (χ0) is 13.8. The van der Waals surface area contributed by atoms with Gasteiger partial charge in [-0.05, 0) is 74.2 Å². The third-order valence-corrected chi connectivity index (χ3v) is 4.87. The summed E-state index contributed by atoms with van der Waals surface area (Å²) in [7, 11) is 0. The van der Waals surface area contributed by atoms with Gasteiger partial charge < -0.3 is 5.32 Å². The second kappa shape index (κ2) is 6.56. The Balaban J connectivity index is 2.18. The molecule has 3 atom stereocenters. The van der Waals surface area contributed by atoms with Crippen molar-refractivity contribution in [3.05, 3.63) is 34.9 Å². The van der Waals surface area contributed by atoms with Gasteiger partial charge in [0.25, 0.3) is 0 Å². The standard InChI is InChI=1S/C18H29N/c1-5-19-12-17-8-6-13(2)10-18(17)16-9-7-14(3)15(4)11-16/h7,9,11,13,17-19H,5-6,8,10,12H2,1-4H3. The van der Waals surface area contributed by atoms with Crippen LogP contribution in [0.1, 0.15) is 55.7 Å². The van der Waals surface area contributed by atoms with E-state index < -0.39 is 0 Å². The van der Waals surface area contributed by atoms with Gasteiger partial charge in [0.2, 0.25) is 0 Å². The molecular formula is C18H29N. The van der Waals surface area contributed by atoms with E-state index in [4.69, 9.17) is 0 Å². The van der Waals surface area contributed by atoms with Crippen molar-refractivity contribution in [1.82, 2.24) is 5.32 Å². The van der Waals surface area contributed by atoms with Crippen LogP contribution in [0.4, 0.5) is 0 Å². The largest absolute Gasteiger partial charge is 0.317 e. The first kappa shape index (κ1) is 14.6. The highest BCUT2D eigenvalue weighted by molar-refractivity contribution is 5.32. The average Bonchev–Trinajstić information content (AvgIpc) is 2.40. The maximum atomic E-state index is 3.56. The Hall–Kier alpha value is -0.820. The zero-order valence-electron chi connectivity index (χ0n) is 13.0. The van der Waals surface area contributed by atoms with Crippen LogP contribution < -0.4 is 5.32 Å². The third kappa shape index (κ3) is 3.60. The predicted octanol–water partition coefficient (Wildman–Crippen LogP) is 4.43. The molecule has 0 bridgehead atoms. The Morgan fingerprint density at radius 2 is 1.95 bits per heavy atom. The predicted molar refractivity (Wildman–Crippen MR) is 83.7 cm³/mol. The van der Waals surface area contributed by atoms with E-state index in [9.17, 15) is 0 Å². The lowest BCUT2D eigenvalue weighted by atomic mass is 9.71. The number of aryl methyl sites for hydroxylation is 2. The molecule has 1 aromatic rings. The van der Waals surface area contributed by atoms with Gasteiger partial charge in [-0.2, -0.15) is 0 Å². The summed E-state index contributed by atoms with van der Waals surface area (Å²) in [6.45, 7) is 11.3. The summed E-state index contributed by atoms with van der Waals surface area (Å²) in [6.07, 6.45) is 4.14. The first-order chi connectivity index (χ1) is 9.11. The summed E-state index contributed by atoms with van der Waals surface area (Å²) in [6, 6.07) is 7.09. The van der Waals surface area contributed by atoms with Gasteiger partial charge in [0, 0.05) is 0 Å². The second-order valence-electron chi connectivity index (χ2n) is 6.44. The van der Waals surface area contributed by atoms with Crippen LogP contribution in [0.15, 0.2) is 18.2 Å². The van der Waals surface area contributed by atoms with Crippen LogP contribution in [0, 0.1) is 25.7 Å². The Morgan fingerprint density at radius 1 is 1.16 bits per heavy atom. The van der Waals surface area contributed by atoms with Crippen molar-refractivity contribution in [2.24, 2.45) is 11.8 Å². The Morgan fingerprint density at radius 3 is 2.63 bits per heavy atom. The minimum Gasteiger partial charge on any atom is -0.317 e. The molecule has 0 spiro atoms. The van der Waals surface area contributed by atoms with Gasteiger partial charge in [0.1, 0.15) is 0 Å². The SMILES string of the molecule is CCNCC1CCC(C)CC1c1ccc(C)c(C)c1. The Bertz CT molecular complexity index is 408. The van der Waals surface area contributed by atoms with Crippen LogP contribution in [-0.4, -0.2) is 13.1 Å². The number of hydrogen-bond donors (Lipinski definition) is 1. The molecule has 2 rings (SSSR count). The molecule has 0 saturated heterocycles. The molecule has 1 N–H and O–H groups in total. The summed E-state index contributed by atoms with van der Waals surface area (Å²) in [4.78, 5) is 0. The monoisotopic (exact) mass is 259 g/mol. The Kier molecular flexibility index (Phi) is 5.04.